The van der Waals surface area contributed by atoms with E-state index in [9.17, 15) is 9.59 Å². The van der Waals surface area contributed by atoms with Gasteiger partial charge in [0.1, 0.15) is 6.61 Å². The van der Waals surface area contributed by atoms with E-state index in [2.05, 4.69) is 5.48 Å². The average Bonchev–Trinajstić information content (AvgIpc) is 2.76. The lowest BCUT2D eigenvalue weighted by molar-refractivity contribution is -0.131. The van der Waals surface area contributed by atoms with Crippen LogP contribution in [0.4, 0.5) is 4.79 Å². The van der Waals surface area contributed by atoms with E-state index < -0.39 is 12.1 Å². The third kappa shape index (κ3) is 5.71. The Hall–Kier alpha value is -3.60. The van der Waals surface area contributed by atoms with Crippen LogP contribution in [0.5, 0.6) is 0 Å². The summed E-state index contributed by atoms with van der Waals surface area (Å²) < 4.78 is 4.98. The van der Waals surface area contributed by atoms with Crippen LogP contribution in [0.3, 0.4) is 0 Å². The number of benzene rings is 3. The molecule has 3 aromatic rings. The molecule has 142 valence electrons. The van der Waals surface area contributed by atoms with Crippen molar-refractivity contribution < 1.29 is 19.2 Å². The van der Waals surface area contributed by atoms with Crippen molar-refractivity contribution in [1.82, 2.24) is 5.48 Å². The molecular formula is C23H21NO4. The maximum atomic E-state index is 12.3. The Morgan fingerprint density at radius 1 is 0.750 bits per heavy atom. The minimum atomic E-state index is -0.951. The summed E-state index contributed by atoms with van der Waals surface area (Å²) in [4.78, 5) is 28.8. The SMILES string of the molecule is O=C(CC(c1ccccc1)c1ccccc1)NOC(=O)OCc1ccccc1. The molecule has 1 N–H and O–H groups in total. The molecule has 0 fully saturated rings. The van der Waals surface area contributed by atoms with E-state index in [-0.39, 0.29) is 18.9 Å². The summed E-state index contributed by atoms with van der Waals surface area (Å²) in [7, 11) is 0. The van der Waals surface area contributed by atoms with Gasteiger partial charge in [-0.05, 0) is 16.7 Å². The first-order valence-corrected chi connectivity index (χ1v) is 8.98. The summed E-state index contributed by atoms with van der Waals surface area (Å²) in [5.74, 6) is -0.555. The monoisotopic (exact) mass is 375 g/mol. The predicted octanol–water partition coefficient (Wildman–Crippen LogP) is 4.59. The van der Waals surface area contributed by atoms with Crippen LogP contribution in [-0.4, -0.2) is 12.1 Å². The third-order valence-electron chi connectivity index (χ3n) is 4.24. The fourth-order valence-corrected chi connectivity index (χ4v) is 2.87. The van der Waals surface area contributed by atoms with Crippen molar-refractivity contribution in [2.75, 3.05) is 0 Å². The lowest BCUT2D eigenvalue weighted by Crippen LogP contribution is -2.28. The molecule has 0 saturated heterocycles. The van der Waals surface area contributed by atoms with Gasteiger partial charge in [-0.25, -0.2) is 4.79 Å². The lowest BCUT2D eigenvalue weighted by atomic mass is 9.88. The highest BCUT2D eigenvalue weighted by atomic mass is 16.8. The van der Waals surface area contributed by atoms with E-state index in [1.165, 1.54) is 0 Å². The number of ether oxygens (including phenoxy) is 1. The molecule has 0 spiro atoms. The Bertz CT molecular complexity index is 843. The molecule has 0 aliphatic rings. The average molecular weight is 375 g/mol. The normalized spacial score (nSPS) is 10.3. The van der Waals surface area contributed by atoms with Crippen molar-refractivity contribution in [3.8, 4) is 0 Å². The highest BCUT2D eigenvalue weighted by molar-refractivity contribution is 5.78. The van der Waals surface area contributed by atoms with Crippen LogP contribution in [0.25, 0.3) is 0 Å². The summed E-state index contributed by atoms with van der Waals surface area (Å²) in [6.45, 7) is 0.0756. The zero-order valence-corrected chi connectivity index (χ0v) is 15.3. The van der Waals surface area contributed by atoms with E-state index in [0.29, 0.717) is 0 Å². The molecule has 3 rings (SSSR count). The van der Waals surface area contributed by atoms with Gasteiger partial charge >= 0.3 is 6.16 Å². The van der Waals surface area contributed by atoms with Crippen LogP contribution in [0.2, 0.25) is 0 Å². The Morgan fingerprint density at radius 2 is 1.25 bits per heavy atom. The van der Waals surface area contributed by atoms with Gasteiger partial charge in [-0.2, -0.15) is 5.48 Å². The van der Waals surface area contributed by atoms with Gasteiger partial charge in [0.2, 0.25) is 0 Å². The quantitative estimate of drug-likeness (QED) is 0.505. The van der Waals surface area contributed by atoms with Gasteiger partial charge in [0, 0.05) is 12.3 Å². The molecule has 28 heavy (non-hydrogen) atoms. The Balaban J connectivity index is 1.54. The minimum Gasteiger partial charge on any atom is -0.428 e. The highest BCUT2D eigenvalue weighted by Crippen LogP contribution is 2.27. The van der Waals surface area contributed by atoms with Gasteiger partial charge in [0.05, 0.1) is 0 Å². The zero-order chi connectivity index (χ0) is 19.6. The summed E-state index contributed by atoms with van der Waals surface area (Å²) in [5.41, 5.74) is 5.03. The largest absolute Gasteiger partial charge is 0.533 e. The molecule has 0 saturated carbocycles. The topological polar surface area (TPSA) is 64.6 Å². The Kier molecular flexibility index (Phi) is 6.79. The molecule has 1 amide bonds. The lowest BCUT2D eigenvalue weighted by Gasteiger charge is -2.17. The highest BCUT2D eigenvalue weighted by Gasteiger charge is 2.19. The van der Waals surface area contributed by atoms with Crippen molar-refractivity contribution in [2.24, 2.45) is 0 Å². The molecule has 0 aromatic heterocycles. The number of rotatable bonds is 6. The fraction of sp³-hybridized carbons (Fsp3) is 0.130. The third-order valence-corrected chi connectivity index (χ3v) is 4.24. The number of hydroxylamine groups is 1. The Morgan fingerprint density at radius 3 is 1.79 bits per heavy atom. The molecule has 0 atom stereocenters. The van der Waals surface area contributed by atoms with Gasteiger partial charge in [-0.3, -0.25) is 4.79 Å². The fourth-order valence-electron chi connectivity index (χ4n) is 2.87. The summed E-state index contributed by atoms with van der Waals surface area (Å²) >= 11 is 0. The van der Waals surface area contributed by atoms with E-state index in [4.69, 9.17) is 9.57 Å². The molecular weight excluding hydrogens is 354 g/mol. The van der Waals surface area contributed by atoms with E-state index in [0.717, 1.165) is 16.7 Å². The van der Waals surface area contributed by atoms with Gasteiger partial charge < -0.3 is 9.57 Å². The van der Waals surface area contributed by atoms with Crippen LogP contribution < -0.4 is 5.48 Å². The molecule has 0 bridgehead atoms. The zero-order valence-electron chi connectivity index (χ0n) is 15.3. The van der Waals surface area contributed by atoms with E-state index >= 15 is 0 Å². The summed E-state index contributed by atoms with van der Waals surface area (Å²) in [6, 6.07) is 28.7. The standard InChI is InChI=1S/C23H21NO4/c25-22(24-28-23(26)27-17-18-10-4-1-5-11-18)16-21(19-12-6-2-7-13-19)20-14-8-3-9-15-20/h1-15,21H,16-17H2,(H,24,25). The van der Waals surface area contributed by atoms with Crippen molar-refractivity contribution >= 4 is 12.1 Å². The van der Waals surface area contributed by atoms with Crippen LogP contribution in [0.15, 0.2) is 91.0 Å². The van der Waals surface area contributed by atoms with Crippen LogP contribution in [0, 0.1) is 0 Å². The Labute approximate surface area is 163 Å². The second kappa shape index (κ2) is 9.92. The van der Waals surface area contributed by atoms with Crippen LogP contribution in [-0.2, 0) is 21.0 Å². The predicted molar refractivity (Wildman–Crippen MR) is 105 cm³/mol. The van der Waals surface area contributed by atoms with Gasteiger partial charge in [0.15, 0.2) is 0 Å². The van der Waals surface area contributed by atoms with Crippen molar-refractivity contribution in [3.63, 3.8) is 0 Å². The molecule has 3 aromatic carbocycles. The first-order chi connectivity index (χ1) is 13.7. The second-order valence-electron chi connectivity index (χ2n) is 6.23. The smallest absolute Gasteiger partial charge is 0.428 e. The maximum Gasteiger partial charge on any atom is 0.533 e. The first-order valence-electron chi connectivity index (χ1n) is 8.98. The first kappa shape index (κ1) is 19.2. The number of carbonyl (C=O) groups is 2. The molecule has 5 nitrogen and oxygen atoms in total. The maximum absolute atomic E-state index is 12.3. The summed E-state index contributed by atoms with van der Waals surface area (Å²) in [5, 5.41) is 0. The molecule has 0 aliphatic carbocycles. The second-order valence-corrected chi connectivity index (χ2v) is 6.23. The van der Waals surface area contributed by atoms with E-state index in [1.54, 1.807) is 0 Å². The number of amides is 1. The summed E-state index contributed by atoms with van der Waals surface area (Å²) in [6.07, 6.45) is -0.812. The molecule has 0 unspecified atom stereocenters. The van der Waals surface area contributed by atoms with Crippen LogP contribution >= 0.6 is 0 Å². The van der Waals surface area contributed by atoms with Gasteiger partial charge in [-0.1, -0.05) is 91.0 Å². The number of nitrogens with one attached hydrogen (secondary N) is 1. The number of hydrogen-bond acceptors (Lipinski definition) is 4. The molecule has 0 heterocycles. The van der Waals surface area contributed by atoms with Crippen molar-refractivity contribution in [3.05, 3.63) is 108 Å². The number of carbonyl (C=O) groups excluding carboxylic acids is 2. The number of hydrogen-bond donors (Lipinski definition) is 1. The van der Waals surface area contributed by atoms with Crippen molar-refractivity contribution in [1.29, 1.82) is 0 Å². The van der Waals surface area contributed by atoms with Gasteiger partial charge in [0.25, 0.3) is 5.91 Å². The minimum absolute atomic E-state index is 0.0756. The van der Waals surface area contributed by atoms with E-state index in [1.807, 2.05) is 91.0 Å². The molecule has 0 aliphatic heterocycles. The van der Waals surface area contributed by atoms with Gasteiger partial charge in [-0.15, -0.1) is 0 Å². The van der Waals surface area contributed by atoms with Crippen LogP contribution in [0.1, 0.15) is 29.0 Å². The van der Waals surface area contributed by atoms with Crippen molar-refractivity contribution in [2.45, 2.75) is 18.9 Å². The molecule has 5 heteroatoms. The molecule has 0 radical (unpaired) electrons.